The predicted molar refractivity (Wildman–Crippen MR) is 147 cm³/mol. The van der Waals surface area contributed by atoms with Gasteiger partial charge in [0, 0.05) is 13.0 Å². The lowest BCUT2D eigenvalue weighted by molar-refractivity contribution is 0.00682. The molecule has 2 aromatic rings. The maximum atomic E-state index is 12.9. The van der Waals surface area contributed by atoms with Crippen molar-refractivity contribution in [2.75, 3.05) is 34.5 Å². The second kappa shape index (κ2) is 14.6. The van der Waals surface area contributed by atoms with Crippen molar-refractivity contribution in [3.05, 3.63) is 46.0 Å². The molecule has 40 heavy (non-hydrogen) atoms. The summed E-state index contributed by atoms with van der Waals surface area (Å²) < 4.78 is 32.6. The van der Waals surface area contributed by atoms with Gasteiger partial charge in [0.15, 0.2) is 11.5 Å². The van der Waals surface area contributed by atoms with Gasteiger partial charge in [0.05, 0.1) is 49.6 Å². The van der Waals surface area contributed by atoms with E-state index in [0.29, 0.717) is 30.1 Å². The van der Waals surface area contributed by atoms with Crippen molar-refractivity contribution in [3.8, 4) is 23.0 Å². The fraction of sp³-hybridized carbons (Fsp3) is 0.464. The van der Waals surface area contributed by atoms with Crippen LogP contribution in [-0.2, 0) is 9.47 Å². The Morgan fingerprint density at radius 1 is 0.900 bits per heavy atom. The number of carbonyl (C=O) groups is 3. The number of benzene rings is 2. The molecule has 3 N–H and O–H groups in total. The highest BCUT2D eigenvalue weighted by molar-refractivity contribution is 6.34. The molecule has 1 unspecified atom stereocenters. The smallest absolute Gasteiger partial charge is 0.338 e. The summed E-state index contributed by atoms with van der Waals surface area (Å²) in [4.78, 5) is 37.4. The molecule has 2 rings (SSSR count). The standard InChI is InChI=1S/C28H36ClNO10/c1-28(2,3)40-27(34)16-12-19(29)23(25(30)32)20(13-16)38-11-7-8-18(9-10-31)39-26(33)17-14-21(35-4)24(37-6)22(15-17)36-5/h12-15,18,31H,7-11H2,1-6H3,(H2,30,32). The van der Waals surface area contributed by atoms with Crippen LogP contribution < -0.4 is 24.7 Å². The molecule has 0 aliphatic rings. The van der Waals surface area contributed by atoms with E-state index in [2.05, 4.69) is 0 Å². The number of rotatable bonds is 14. The molecule has 12 heteroatoms. The molecule has 0 saturated carbocycles. The van der Waals surface area contributed by atoms with Crippen LogP contribution in [0.1, 0.15) is 71.1 Å². The normalized spacial score (nSPS) is 11.8. The van der Waals surface area contributed by atoms with Crippen molar-refractivity contribution in [2.24, 2.45) is 5.73 Å². The number of esters is 2. The minimum absolute atomic E-state index is 0.0222. The van der Waals surface area contributed by atoms with Crippen LogP contribution in [0.4, 0.5) is 0 Å². The van der Waals surface area contributed by atoms with Crippen LogP contribution in [0.3, 0.4) is 0 Å². The summed E-state index contributed by atoms with van der Waals surface area (Å²) in [6.07, 6.45) is 0.220. The van der Waals surface area contributed by atoms with E-state index in [1.807, 2.05) is 0 Å². The summed E-state index contributed by atoms with van der Waals surface area (Å²) in [7, 11) is 4.31. The molecule has 0 aliphatic heterocycles. The number of halogens is 1. The molecule has 0 aromatic heterocycles. The number of nitrogens with two attached hydrogens (primary N) is 1. The molecule has 11 nitrogen and oxygen atoms in total. The van der Waals surface area contributed by atoms with E-state index >= 15 is 0 Å². The number of aliphatic hydroxyl groups excluding tert-OH is 1. The van der Waals surface area contributed by atoms with E-state index in [9.17, 15) is 19.5 Å². The molecule has 0 bridgehead atoms. The molecule has 1 atom stereocenters. The monoisotopic (exact) mass is 581 g/mol. The fourth-order valence-corrected chi connectivity index (χ4v) is 4.01. The van der Waals surface area contributed by atoms with Crippen molar-refractivity contribution < 1.29 is 47.9 Å². The molecule has 2 aromatic carbocycles. The van der Waals surface area contributed by atoms with Crippen molar-refractivity contribution >= 4 is 29.4 Å². The minimum Gasteiger partial charge on any atom is -0.493 e. The van der Waals surface area contributed by atoms with Gasteiger partial charge in [-0.1, -0.05) is 11.6 Å². The maximum Gasteiger partial charge on any atom is 0.338 e. The summed E-state index contributed by atoms with van der Waals surface area (Å²) >= 11 is 6.23. The molecule has 0 aliphatic carbocycles. The predicted octanol–water partition coefficient (Wildman–Crippen LogP) is 4.19. The molecule has 0 heterocycles. The Morgan fingerprint density at radius 3 is 1.98 bits per heavy atom. The molecular weight excluding hydrogens is 546 g/mol. The van der Waals surface area contributed by atoms with Gasteiger partial charge in [-0.05, 0) is 57.9 Å². The summed E-state index contributed by atoms with van der Waals surface area (Å²) in [5.74, 6) is -1.18. The zero-order valence-electron chi connectivity index (χ0n) is 23.5. The SMILES string of the molecule is COc1cc(C(=O)OC(CCO)CCCOc2cc(C(=O)OC(C)(C)C)cc(Cl)c2C(N)=O)cc(OC)c1OC. The van der Waals surface area contributed by atoms with Crippen molar-refractivity contribution in [1.82, 2.24) is 0 Å². The minimum atomic E-state index is -0.826. The lowest BCUT2D eigenvalue weighted by Crippen LogP contribution is -2.24. The molecule has 0 radical (unpaired) electrons. The molecular formula is C28H36ClNO10. The summed E-state index contributed by atoms with van der Waals surface area (Å²) in [6.45, 7) is 5.02. The Hall–Kier alpha value is -3.70. The van der Waals surface area contributed by atoms with Crippen LogP contribution in [0.5, 0.6) is 23.0 Å². The number of amides is 1. The first-order valence-electron chi connectivity index (χ1n) is 12.5. The molecule has 220 valence electrons. The Kier molecular flexibility index (Phi) is 11.9. The van der Waals surface area contributed by atoms with E-state index in [1.54, 1.807) is 20.8 Å². The highest BCUT2D eigenvalue weighted by atomic mass is 35.5. The van der Waals surface area contributed by atoms with Gasteiger partial charge >= 0.3 is 11.9 Å². The Morgan fingerprint density at radius 2 is 1.48 bits per heavy atom. The van der Waals surface area contributed by atoms with Gasteiger partial charge in [0.2, 0.25) is 5.75 Å². The van der Waals surface area contributed by atoms with Crippen LogP contribution in [0, 0.1) is 0 Å². The van der Waals surface area contributed by atoms with Gasteiger partial charge < -0.3 is 39.3 Å². The van der Waals surface area contributed by atoms with Crippen LogP contribution in [0.25, 0.3) is 0 Å². The molecule has 0 fully saturated rings. The summed E-state index contributed by atoms with van der Waals surface area (Å²) in [6, 6.07) is 5.57. The second-order valence-electron chi connectivity index (χ2n) is 9.64. The Labute approximate surface area is 238 Å². The number of carbonyl (C=O) groups excluding carboxylic acids is 3. The van der Waals surface area contributed by atoms with Gasteiger partial charge in [-0.25, -0.2) is 9.59 Å². The zero-order valence-corrected chi connectivity index (χ0v) is 24.3. The lowest BCUT2D eigenvalue weighted by atomic mass is 10.1. The van der Waals surface area contributed by atoms with Crippen molar-refractivity contribution in [2.45, 2.75) is 51.7 Å². The third kappa shape index (κ3) is 8.92. The first kappa shape index (κ1) is 32.5. The van der Waals surface area contributed by atoms with Gasteiger partial charge in [-0.15, -0.1) is 0 Å². The fourth-order valence-electron chi connectivity index (χ4n) is 3.71. The van der Waals surface area contributed by atoms with Crippen LogP contribution in [0.15, 0.2) is 24.3 Å². The number of aliphatic hydroxyl groups is 1. The lowest BCUT2D eigenvalue weighted by Gasteiger charge is -2.20. The number of primary amides is 1. The van der Waals surface area contributed by atoms with E-state index in [4.69, 9.17) is 45.8 Å². The number of hydrogen-bond donors (Lipinski definition) is 2. The Bertz CT molecular complexity index is 1180. The van der Waals surface area contributed by atoms with E-state index in [-0.39, 0.29) is 47.1 Å². The van der Waals surface area contributed by atoms with Gasteiger partial charge in [-0.3, -0.25) is 4.79 Å². The highest BCUT2D eigenvalue weighted by Crippen LogP contribution is 2.38. The Balaban J connectivity index is 2.12. The average Bonchev–Trinajstić information content (AvgIpc) is 2.88. The quantitative estimate of drug-likeness (QED) is 0.245. The van der Waals surface area contributed by atoms with Gasteiger partial charge in [0.25, 0.3) is 5.91 Å². The second-order valence-corrected chi connectivity index (χ2v) is 10.0. The zero-order chi connectivity index (χ0) is 30.0. The molecule has 0 spiro atoms. The van der Waals surface area contributed by atoms with Gasteiger partial charge in [-0.2, -0.15) is 0 Å². The topological polar surface area (TPSA) is 153 Å². The number of hydrogen-bond acceptors (Lipinski definition) is 10. The van der Waals surface area contributed by atoms with E-state index in [0.717, 1.165) is 0 Å². The largest absolute Gasteiger partial charge is 0.493 e. The van der Waals surface area contributed by atoms with Crippen LogP contribution >= 0.6 is 11.6 Å². The van der Waals surface area contributed by atoms with Gasteiger partial charge in [0.1, 0.15) is 17.5 Å². The van der Waals surface area contributed by atoms with E-state index < -0.39 is 29.6 Å². The highest BCUT2D eigenvalue weighted by Gasteiger charge is 2.24. The van der Waals surface area contributed by atoms with Crippen LogP contribution in [-0.4, -0.2) is 69.2 Å². The molecule has 0 saturated heterocycles. The summed E-state index contributed by atoms with van der Waals surface area (Å²) in [5, 5.41) is 9.44. The number of ether oxygens (including phenoxy) is 6. The van der Waals surface area contributed by atoms with Crippen molar-refractivity contribution in [1.29, 1.82) is 0 Å². The maximum absolute atomic E-state index is 12.9. The first-order valence-corrected chi connectivity index (χ1v) is 12.8. The third-order valence-electron chi connectivity index (χ3n) is 5.49. The summed E-state index contributed by atoms with van der Waals surface area (Å²) in [5.41, 5.74) is 4.93. The van der Waals surface area contributed by atoms with E-state index in [1.165, 1.54) is 45.6 Å². The van der Waals surface area contributed by atoms with Crippen molar-refractivity contribution in [3.63, 3.8) is 0 Å². The third-order valence-corrected chi connectivity index (χ3v) is 5.79. The van der Waals surface area contributed by atoms with Crippen LogP contribution in [0.2, 0.25) is 5.02 Å². The first-order chi connectivity index (χ1) is 18.8. The number of methoxy groups -OCH3 is 3. The average molecular weight is 582 g/mol. The molecule has 1 amide bonds.